The zero-order valence-corrected chi connectivity index (χ0v) is 6.63. The van der Waals surface area contributed by atoms with Crippen LogP contribution in [0.5, 0.6) is 0 Å². The molecule has 0 aromatic carbocycles. The second-order valence-electron chi connectivity index (χ2n) is 1.93. The normalized spacial score (nSPS) is 8.57. The molecule has 0 unspecified atom stereocenters. The molecule has 0 aliphatic rings. The highest BCUT2D eigenvalue weighted by atomic mass is 35.5. The lowest BCUT2D eigenvalue weighted by Crippen LogP contribution is -3.00. The number of rotatable bonds is 2. The molecule has 0 atom stereocenters. The van der Waals surface area contributed by atoms with Gasteiger partial charge in [0.25, 0.3) is 0 Å². The van der Waals surface area contributed by atoms with Crippen LogP contribution in [0, 0.1) is 5.92 Å². The molecule has 0 bridgehead atoms. The van der Waals surface area contributed by atoms with Crippen molar-refractivity contribution in [3.8, 4) is 0 Å². The first-order valence-electron chi connectivity index (χ1n) is 2.42. The zero-order chi connectivity index (χ0) is 4.99. The molecule has 0 fully saturated rings. The summed E-state index contributed by atoms with van der Waals surface area (Å²) in [6.07, 6.45) is 1.29. The number of hydrogen-bond donors (Lipinski definition) is 0. The molecule has 0 aromatic rings. The average molecular weight is 141 g/mol. The van der Waals surface area contributed by atoms with E-state index in [1.54, 1.807) is 0 Å². The van der Waals surface area contributed by atoms with Crippen molar-refractivity contribution in [3.05, 3.63) is 0 Å². The third kappa shape index (κ3) is 10.8. The minimum Gasteiger partial charge on any atom is -1.00 e. The van der Waals surface area contributed by atoms with E-state index in [9.17, 15) is 0 Å². The second-order valence-corrected chi connectivity index (χ2v) is 2.43. The first-order chi connectivity index (χ1) is 2.77. The molecule has 0 radical (unpaired) electrons. The van der Waals surface area contributed by atoms with Crippen molar-refractivity contribution < 1.29 is 12.4 Å². The minimum absolute atomic E-state index is 0. The lowest BCUT2D eigenvalue weighted by molar-refractivity contribution is -0.00000144. The van der Waals surface area contributed by atoms with E-state index in [1.165, 1.54) is 6.42 Å². The van der Waals surface area contributed by atoms with Crippen LogP contribution in [-0.4, -0.2) is 5.75 Å². The van der Waals surface area contributed by atoms with Gasteiger partial charge in [-0.3, -0.25) is 0 Å². The van der Waals surface area contributed by atoms with Gasteiger partial charge in [0.05, 0.1) is 0 Å². The minimum atomic E-state index is 0. The van der Waals surface area contributed by atoms with Crippen molar-refractivity contribution in [2.75, 3.05) is 5.75 Å². The van der Waals surface area contributed by atoms with Crippen molar-refractivity contribution in [2.45, 2.75) is 20.3 Å². The summed E-state index contributed by atoms with van der Waals surface area (Å²) in [6.45, 7) is 4.44. The standard InChI is InChI=1S/C5H12S.ClH/c1-5(2)3-4-6;/h5-6H,3-4H2,1-2H3;1H. The molecule has 2 heteroatoms. The van der Waals surface area contributed by atoms with Crippen molar-refractivity contribution in [1.82, 2.24) is 0 Å². The fraction of sp³-hybridized carbons (Fsp3) is 1.00. The molecule has 0 saturated carbocycles. The molecule has 0 aliphatic heterocycles. The summed E-state index contributed by atoms with van der Waals surface area (Å²) in [5, 5.41) is 0. The summed E-state index contributed by atoms with van der Waals surface area (Å²) in [5.41, 5.74) is 0. The molecule has 7 heavy (non-hydrogen) atoms. The molecule has 0 N–H and O–H groups in total. The Kier molecular flexibility index (Phi) is 10.0. The fourth-order valence-electron chi connectivity index (χ4n) is 0.289. The summed E-state index contributed by atoms with van der Waals surface area (Å²) in [5.74, 6) is 1.99. The average Bonchev–Trinajstić information content (AvgIpc) is 1.35. The summed E-state index contributed by atoms with van der Waals surface area (Å²) in [7, 11) is 0. The van der Waals surface area contributed by atoms with E-state index in [0.29, 0.717) is 0 Å². The maximum atomic E-state index is 3.39. The molecule has 0 amide bonds. The number of halogens is 1. The van der Waals surface area contributed by atoms with Crippen molar-refractivity contribution in [2.24, 2.45) is 5.92 Å². The zero-order valence-electron chi connectivity index (χ0n) is 4.87. The van der Waals surface area contributed by atoms with Crippen molar-refractivity contribution >= 4 is 12.6 Å². The molecule has 0 aliphatic carbocycles. The molecule has 0 saturated heterocycles. The van der Waals surface area contributed by atoms with Gasteiger partial charge >= 0.3 is 0 Å². The first kappa shape index (κ1) is 10.6. The Hall–Kier alpha value is 0.640. The van der Waals surface area contributed by atoms with Crippen LogP contribution in [0.25, 0.3) is 0 Å². The molecular formula is C5H13ClS. The third-order valence-electron chi connectivity index (χ3n) is 0.722. The van der Waals surface area contributed by atoms with Crippen LogP contribution in [0.4, 0.5) is 0 Å². The quantitative estimate of drug-likeness (QED) is 0.392. The molecule has 0 nitrogen and oxygen atoms in total. The van der Waals surface area contributed by atoms with Crippen molar-refractivity contribution in [1.29, 1.82) is 0 Å². The summed E-state index contributed by atoms with van der Waals surface area (Å²) >= 11 is 3.39. The number of hydrogen-bond acceptors (Lipinski definition) is 0. The Balaban J connectivity index is 0. The van der Waals surface area contributed by atoms with E-state index >= 15 is 0 Å². The Morgan fingerprint density at radius 1 is 1.43 bits per heavy atom. The van der Waals surface area contributed by atoms with Crippen LogP contribution in [0.3, 0.4) is 0 Å². The molecular weight excluding hydrogens is 128 g/mol. The highest BCUT2D eigenvalue weighted by Crippen LogP contribution is 1.95. The van der Waals surface area contributed by atoms with Crippen LogP contribution in [0.15, 0.2) is 0 Å². The van der Waals surface area contributed by atoms with E-state index in [-0.39, 0.29) is 12.4 Å². The second kappa shape index (κ2) is 6.64. The van der Waals surface area contributed by atoms with Crippen molar-refractivity contribution in [3.63, 3.8) is 0 Å². The predicted octanol–water partition coefficient (Wildman–Crippen LogP) is -1.95. The summed E-state index contributed by atoms with van der Waals surface area (Å²) < 4.78 is 0. The topological polar surface area (TPSA) is 0 Å². The Morgan fingerprint density at radius 2 is 1.86 bits per heavy atom. The monoisotopic (exact) mass is 140 g/mol. The molecule has 0 heterocycles. The largest absolute Gasteiger partial charge is 1.00 e. The van der Waals surface area contributed by atoms with Gasteiger partial charge < -0.3 is 12.4 Å². The summed E-state index contributed by atoms with van der Waals surface area (Å²) in [6, 6.07) is 0. The van der Waals surface area contributed by atoms with Crippen LogP contribution in [-0.2, 0) is 12.6 Å². The van der Waals surface area contributed by atoms with Crippen LogP contribution < -0.4 is 12.4 Å². The molecule has 46 valence electrons. The van der Waals surface area contributed by atoms with E-state index in [1.807, 2.05) is 0 Å². The van der Waals surface area contributed by atoms with Gasteiger partial charge in [0.15, 0.2) is 0 Å². The van der Waals surface area contributed by atoms with Crippen LogP contribution >= 0.6 is 0 Å². The smallest absolute Gasteiger partial charge is 0.103 e. The van der Waals surface area contributed by atoms with Gasteiger partial charge in [-0.05, 0) is 25.0 Å². The SMILES string of the molecule is CC(C)CC[SH2+].[Cl-]. The maximum Gasteiger partial charge on any atom is 0.103 e. The fourth-order valence-corrected chi connectivity index (χ4v) is 0.866. The van der Waals surface area contributed by atoms with Crippen LogP contribution in [0.1, 0.15) is 20.3 Å². The highest BCUT2D eigenvalue weighted by molar-refractivity contribution is 7.58. The van der Waals surface area contributed by atoms with Gasteiger partial charge in [-0.2, -0.15) is 0 Å². The lowest BCUT2D eigenvalue weighted by atomic mass is 10.2. The van der Waals surface area contributed by atoms with Crippen LogP contribution in [0.2, 0.25) is 0 Å². The Labute approximate surface area is 57.5 Å². The molecule has 0 aromatic heterocycles. The van der Waals surface area contributed by atoms with E-state index in [4.69, 9.17) is 0 Å². The van der Waals surface area contributed by atoms with Gasteiger partial charge in [0.1, 0.15) is 5.75 Å². The van der Waals surface area contributed by atoms with E-state index in [0.717, 1.165) is 11.7 Å². The van der Waals surface area contributed by atoms with Gasteiger partial charge in [0, 0.05) is 0 Å². The lowest BCUT2D eigenvalue weighted by Gasteiger charge is -1.92. The maximum absolute atomic E-state index is 3.39. The van der Waals surface area contributed by atoms with Gasteiger partial charge in [-0.1, -0.05) is 13.8 Å². The highest BCUT2D eigenvalue weighted by Gasteiger charge is 1.89. The van der Waals surface area contributed by atoms with E-state index in [2.05, 4.69) is 26.5 Å². The van der Waals surface area contributed by atoms with Gasteiger partial charge in [-0.15, -0.1) is 0 Å². The van der Waals surface area contributed by atoms with Gasteiger partial charge in [-0.25, -0.2) is 0 Å². The molecule has 0 rings (SSSR count). The predicted molar refractivity (Wildman–Crippen MR) is 34.5 cm³/mol. The molecule has 0 spiro atoms. The van der Waals surface area contributed by atoms with Gasteiger partial charge in [0.2, 0.25) is 0 Å². The summed E-state index contributed by atoms with van der Waals surface area (Å²) in [4.78, 5) is 0. The Bertz CT molecular complexity index is 29.3. The first-order valence-corrected chi connectivity index (χ1v) is 3.12. The Morgan fingerprint density at radius 3 is 1.86 bits per heavy atom. The van der Waals surface area contributed by atoms with E-state index < -0.39 is 0 Å². The third-order valence-corrected chi connectivity index (χ3v) is 1.01.